The minimum absolute atomic E-state index is 0.242. The number of anilines is 1. The molecule has 0 aliphatic rings. The lowest BCUT2D eigenvalue weighted by molar-refractivity contribution is -0.137. The third kappa shape index (κ3) is 5.78. The number of ether oxygens (including phenoxy) is 1. The van der Waals surface area contributed by atoms with Gasteiger partial charge < -0.3 is 10.1 Å². The van der Waals surface area contributed by atoms with Gasteiger partial charge in [-0.25, -0.2) is 13.1 Å². The van der Waals surface area contributed by atoms with E-state index in [0.717, 1.165) is 18.2 Å². The summed E-state index contributed by atoms with van der Waals surface area (Å²) in [6, 6.07) is 10.1. The first-order valence-corrected chi connectivity index (χ1v) is 9.15. The Morgan fingerprint density at radius 1 is 1.11 bits per heavy atom. The number of carbonyl (C=O) groups is 1. The summed E-state index contributed by atoms with van der Waals surface area (Å²) in [5, 5.41) is 2.53. The standard InChI is InChI=1S/C17H17F3N2O4S/c1-26-11-12-5-2-3-8-15(12)22-16(23)10-21-27(24,25)14-7-4-6-13(9-14)17(18,19)20/h2-9,21H,10-11H2,1H3,(H,22,23). The molecule has 0 unspecified atom stereocenters. The second kappa shape index (κ2) is 8.51. The van der Waals surface area contributed by atoms with Crippen molar-refractivity contribution >= 4 is 21.6 Å². The van der Waals surface area contributed by atoms with Crippen LogP contribution >= 0.6 is 0 Å². The topological polar surface area (TPSA) is 84.5 Å². The van der Waals surface area contributed by atoms with Gasteiger partial charge >= 0.3 is 6.18 Å². The SMILES string of the molecule is COCc1ccccc1NC(=O)CNS(=O)(=O)c1cccc(C(F)(F)F)c1. The molecule has 0 heterocycles. The van der Waals surface area contributed by atoms with E-state index in [1.807, 2.05) is 4.72 Å². The van der Waals surface area contributed by atoms with Gasteiger partial charge in [-0.1, -0.05) is 24.3 Å². The van der Waals surface area contributed by atoms with Crippen molar-refractivity contribution in [1.82, 2.24) is 4.72 Å². The van der Waals surface area contributed by atoms with E-state index in [4.69, 9.17) is 4.74 Å². The van der Waals surface area contributed by atoms with E-state index in [1.165, 1.54) is 7.11 Å². The van der Waals surface area contributed by atoms with Crippen LogP contribution in [0.3, 0.4) is 0 Å². The molecule has 0 aromatic heterocycles. The first kappa shape index (κ1) is 20.9. The average molecular weight is 402 g/mol. The van der Waals surface area contributed by atoms with E-state index in [2.05, 4.69) is 5.32 Å². The Kier molecular flexibility index (Phi) is 6.58. The van der Waals surface area contributed by atoms with Crippen molar-refractivity contribution in [1.29, 1.82) is 0 Å². The average Bonchev–Trinajstić information content (AvgIpc) is 2.61. The van der Waals surface area contributed by atoms with Crippen LogP contribution in [-0.2, 0) is 32.3 Å². The number of hydrogen-bond acceptors (Lipinski definition) is 4. The maximum absolute atomic E-state index is 12.7. The van der Waals surface area contributed by atoms with Crippen LogP contribution in [0.25, 0.3) is 0 Å². The molecule has 2 aromatic rings. The summed E-state index contributed by atoms with van der Waals surface area (Å²) >= 11 is 0. The van der Waals surface area contributed by atoms with Crippen molar-refractivity contribution in [2.45, 2.75) is 17.7 Å². The number of alkyl halides is 3. The van der Waals surface area contributed by atoms with Gasteiger partial charge in [-0.2, -0.15) is 13.2 Å². The Balaban J connectivity index is 2.06. The van der Waals surface area contributed by atoms with Crippen molar-refractivity contribution in [3.8, 4) is 0 Å². The predicted molar refractivity (Wildman–Crippen MR) is 92.4 cm³/mol. The number of sulfonamides is 1. The van der Waals surface area contributed by atoms with Crippen molar-refractivity contribution < 1.29 is 31.1 Å². The van der Waals surface area contributed by atoms with Gasteiger partial charge in [-0.05, 0) is 24.3 Å². The van der Waals surface area contributed by atoms with Crippen LogP contribution < -0.4 is 10.0 Å². The zero-order valence-electron chi connectivity index (χ0n) is 14.2. The lowest BCUT2D eigenvalue weighted by Crippen LogP contribution is -2.33. The van der Waals surface area contributed by atoms with E-state index in [0.29, 0.717) is 17.3 Å². The number of benzene rings is 2. The summed E-state index contributed by atoms with van der Waals surface area (Å²) in [7, 11) is -2.80. The molecule has 0 spiro atoms. The van der Waals surface area contributed by atoms with Gasteiger partial charge in [0.25, 0.3) is 0 Å². The summed E-state index contributed by atoms with van der Waals surface area (Å²) in [5.74, 6) is -0.672. The molecule has 6 nitrogen and oxygen atoms in total. The quantitative estimate of drug-likeness (QED) is 0.746. The summed E-state index contributed by atoms with van der Waals surface area (Å²) in [4.78, 5) is 11.4. The van der Waals surface area contributed by atoms with Crippen molar-refractivity contribution in [3.05, 3.63) is 59.7 Å². The van der Waals surface area contributed by atoms with Crippen LogP contribution in [-0.4, -0.2) is 28.0 Å². The largest absolute Gasteiger partial charge is 0.416 e. The fourth-order valence-corrected chi connectivity index (χ4v) is 3.23. The van der Waals surface area contributed by atoms with Crippen LogP contribution in [0.1, 0.15) is 11.1 Å². The number of para-hydroxylation sites is 1. The first-order chi connectivity index (χ1) is 12.6. The van der Waals surface area contributed by atoms with Gasteiger partial charge in [-0.3, -0.25) is 4.79 Å². The van der Waals surface area contributed by atoms with Crippen LogP contribution in [0.4, 0.5) is 18.9 Å². The molecule has 0 saturated heterocycles. The molecule has 0 atom stereocenters. The zero-order chi connectivity index (χ0) is 20.1. The highest BCUT2D eigenvalue weighted by molar-refractivity contribution is 7.89. The Morgan fingerprint density at radius 3 is 2.48 bits per heavy atom. The van der Waals surface area contributed by atoms with E-state index in [1.54, 1.807) is 24.3 Å². The lowest BCUT2D eigenvalue weighted by atomic mass is 10.2. The third-order valence-electron chi connectivity index (χ3n) is 3.49. The second-order valence-corrected chi connectivity index (χ2v) is 7.26. The normalized spacial score (nSPS) is 12.0. The number of amides is 1. The molecule has 0 aliphatic heterocycles. The molecule has 2 rings (SSSR count). The van der Waals surface area contributed by atoms with Crippen LogP contribution in [0, 0.1) is 0 Å². The minimum atomic E-state index is -4.67. The van der Waals surface area contributed by atoms with Crippen molar-refractivity contribution in [3.63, 3.8) is 0 Å². The monoisotopic (exact) mass is 402 g/mol. The maximum atomic E-state index is 12.7. The first-order valence-electron chi connectivity index (χ1n) is 7.67. The van der Waals surface area contributed by atoms with Gasteiger partial charge in [0.15, 0.2) is 0 Å². The van der Waals surface area contributed by atoms with Crippen LogP contribution in [0.5, 0.6) is 0 Å². The van der Waals surface area contributed by atoms with Crippen LogP contribution in [0.2, 0.25) is 0 Å². The molecule has 10 heteroatoms. The Hall–Kier alpha value is -2.43. The van der Waals surface area contributed by atoms with Gasteiger partial charge in [0.1, 0.15) is 0 Å². The molecule has 2 aromatic carbocycles. The van der Waals surface area contributed by atoms with Gasteiger partial charge in [0, 0.05) is 18.4 Å². The van der Waals surface area contributed by atoms with Gasteiger partial charge in [0.2, 0.25) is 15.9 Å². The summed E-state index contributed by atoms with van der Waals surface area (Å²) in [6.45, 7) is -0.397. The van der Waals surface area contributed by atoms with E-state index >= 15 is 0 Å². The van der Waals surface area contributed by atoms with Gasteiger partial charge in [-0.15, -0.1) is 0 Å². The maximum Gasteiger partial charge on any atom is 0.416 e. The number of halogens is 3. The number of methoxy groups -OCH3 is 1. The number of hydrogen-bond donors (Lipinski definition) is 2. The summed E-state index contributed by atoms with van der Waals surface area (Å²) in [6.07, 6.45) is -4.67. The number of carbonyl (C=O) groups excluding carboxylic acids is 1. The van der Waals surface area contributed by atoms with Crippen molar-refractivity contribution in [2.75, 3.05) is 19.0 Å². The highest BCUT2D eigenvalue weighted by atomic mass is 32.2. The van der Waals surface area contributed by atoms with Gasteiger partial charge in [0.05, 0.1) is 23.6 Å². The molecular weight excluding hydrogens is 385 g/mol. The Bertz CT molecular complexity index is 914. The highest BCUT2D eigenvalue weighted by Gasteiger charge is 2.31. The molecule has 27 heavy (non-hydrogen) atoms. The third-order valence-corrected chi connectivity index (χ3v) is 4.88. The molecule has 146 valence electrons. The zero-order valence-corrected chi connectivity index (χ0v) is 15.0. The molecule has 0 saturated carbocycles. The molecule has 0 aliphatic carbocycles. The number of nitrogens with one attached hydrogen (secondary N) is 2. The Morgan fingerprint density at radius 2 is 1.81 bits per heavy atom. The molecule has 1 amide bonds. The van der Waals surface area contributed by atoms with Crippen molar-refractivity contribution in [2.24, 2.45) is 0 Å². The summed E-state index contributed by atoms with van der Waals surface area (Å²) in [5.41, 5.74) is 0.0417. The smallest absolute Gasteiger partial charge is 0.380 e. The fourth-order valence-electron chi connectivity index (χ4n) is 2.20. The minimum Gasteiger partial charge on any atom is -0.380 e. The number of rotatable bonds is 7. The summed E-state index contributed by atoms with van der Waals surface area (Å²) < 4.78 is 69.5. The molecular formula is C17H17F3N2O4S. The molecule has 0 radical (unpaired) electrons. The highest BCUT2D eigenvalue weighted by Crippen LogP contribution is 2.30. The molecule has 0 fully saturated rings. The van der Waals surface area contributed by atoms with Crippen LogP contribution in [0.15, 0.2) is 53.4 Å². The Labute approximate surface area is 154 Å². The molecule has 0 bridgehead atoms. The van der Waals surface area contributed by atoms with E-state index in [9.17, 15) is 26.4 Å². The predicted octanol–water partition coefficient (Wildman–Crippen LogP) is 2.77. The second-order valence-electron chi connectivity index (χ2n) is 5.49. The lowest BCUT2D eigenvalue weighted by Gasteiger charge is -2.12. The fraction of sp³-hybridized carbons (Fsp3) is 0.235. The van der Waals surface area contributed by atoms with E-state index < -0.39 is 39.1 Å². The molecule has 2 N–H and O–H groups in total. The van der Waals surface area contributed by atoms with E-state index in [-0.39, 0.29) is 6.61 Å².